The molecular weight excluding hydrogens is 316 g/mol. The van der Waals surface area contributed by atoms with E-state index in [1.165, 1.54) is 12.8 Å². The summed E-state index contributed by atoms with van der Waals surface area (Å²) in [5.41, 5.74) is 2.95. The first-order chi connectivity index (χ1) is 12.3. The van der Waals surface area contributed by atoms with Gasteiger partial charge < -0.3 is 10.2 Å². The van der Waals surface area contributed by atoms with Crippen molar-refractivity contribution in [1.82, 2.24) is 20.4 Å². The predicted molar refractivity (Wildman–Crippen MR) is 95.5 cm³/mol. The number of aromatic nitrogens is 4. The van der Waals surface area contributed by atoms with Crippen molar-refractivity contribution in [2.24, 2.45) is 0 Å². The number of nitrogens with one attached hydrogen (secondary N) is 2. The molecule has 2 aromatic heterocycles. The second-order valence-corrected chi connectivity index (χ2v) is 5.97. The van der Waals surface area contributed by atoms with E-state index >= 15 is 0 Å². The molecule has 3 aromatic rings. The van der Waals surface area contributed by atoms with Crippen molar-refractivity contribution >= 4 is 17.4 Å². The molecule has 1 aliphatic rings. The van der Waals surface area contributed by atoms with Gasteiger partial charge in [0, 0.05) is 25.0 Å². The minimum atomic E-state index is -0.269. The maximum atomic E-state index is 12.3. The molecule has 1 amide bonds. The maximum absolute atomic E-state index is 12.3. The van der Waals surface area contributed by atoms with Crippen LogP contribution in [0.1, 0.15) is 23.3 Å². The van der Waals surface area contributed by atoms with Gasteiger partial charge in [-0.3, -0.25) is 9.89 Å². The number of carbonyl (C=O) groups is 1. The number of benzene rings is 1. The summed E-state index contributed by atoms with van der Waals surface area (Å²) in [7, 11) is 0. The van der Waals surface area contributed by atoms with Crippen molar-refractivity contribution in [2.45, 2.75) is 12.8 Å². The lowest BCUT2D eigenvalue weighted by Gasteiger charge is -2.15. The second-order valence-electron chi connectivity index (χ2n) is 5.97. The minimum absolute atomic E-state index is 0.269. The Morgan fingerprint density at radius 1 is 1.00 bits per heavy atom. The highest BCUT2D eigenvalue weighted by molar-refractivity contribution is 6.02. The zero-order valence-electron chi connectivity index (χ0n) is 13.6. The molecule has 0 bridgehead atoms. The van der Waals surface area contributed by atoms with Gasteiger partial charge in [0.25, 0.3) is 5.91 Å². The van der Waals surface area contributed by atoms with E-state index in [9.17, 15) is 4.79 Å². The average molecular weight is 334 g/mol. The molecule has 3 heterocycles. The molecule has 1 aliphatic heterocycles. The van der Waals surface area contributed by atoms with E-state index in [1.54, 1.807) is 12.3 Å². The van der Waals surface area contributed by atoms with Crippen LogP contribution in [0.5, 0.6) is 0 Å². The number of nitrogens with zero attached hydrogens (tertiary/aromatic N) is 4. The monoisotopic (exact) mass is 334 g/mol. The van der Waals surface area contributed by atoms with E-state index < -0.39 is 0 Å². The van der Waals surface area contributed by atoms with Gasteiger partial charge >= 0.3 is 0 Å². The molecule has 0 unspecified atom stereocenters. The molecule has 126 valence electrons. The number of amides is 1. The molecule has 4 rings (SSSR count). The van der Waals surface area contributed by atoms with Gasteiger partial charge in [-0.25, -0.2) is 0 Å². The van der Waals surface area contributed by atoms with Crippen LogP contribution >= 0.6 is 0 Å². The molecule has 0 radical (unpaired) electrons. The van der Waals surface area contributed by atoms with Crippen molar-refractivity contribution in [3.63, 3.8) is 0 Å². The van der Waals surface area contributed by atoms with Crippen LogP contribution in [0.15, 0.2) is 48.7 Å². The lowest BCUT2D eigenvalue weighted by atomic mass is 10.1. The molecule has 1 fully saturated rings. The van der Waals surface area contributed by atoms with Gasteiger partial charge in [0.05, 0.1) is 5.69 Å². The molecular formula is C18H18N6O. The Hall–Kier alpha value is -3.22. The number of hydrogen-bond donors (Lipinski definition) is 2. The van der Waals surface area contributed by atoms with Gasteiger partial charge in [-0.2, -0.15) is 5.10 Å². The number of hydrogen-bond acceptors (Lipinski definition) is 5. The zero-order valence-corrected chi connectivity index (χ0v) is 13.6. The van der Waals surface area contributed by atoms with Crippen molar-refractivity contribution in [3.05, 3.63) is 54.4 Å². The molecule has 0 spiro atoms. The lowest BCUT2D eigenvalue weighted by Crippen LogP contribution is -2.21. The number of rotatable bonds is 4. The van der Waals surface area contributed by atoms with Crippen LogP contribution in [0.25, 0.3) is 11.3 Å². The van der Waals surface area contributed by atoms with Crippen LogP contribution in [-0.4, -0.2) is 39.4 Å². The predicted octanol–water partition coefficient (Wildman–Crippen LogP) is 2.72. The fourth-order valence-electron chi connectivity index (χ4n) is 2.91. The van der Waals surface area contributed by atoms with E-state index in [4.69, 9.17) is 0 Å². The van der Waals surface area contributed by atoms with E-state index in [2.05, 4.69) is 30.6 Å². The number of aromatic amines is 1. The van der Waals surface area contributed by atoms with E-state index in [0.717, 1.165) is 30.2 Å². The van der Waals surface area contributed by atoms with Gasteiger partial charge in [0.15, 0.2) is 11.5 Å². The van der Waals surface area contributed by atoms with Crippen LogP contribution in [0.3, 0.4) is 0 Å². The standard InChI is InChI=1S/C18H18N6O/c25-18(16-7-8-17(23-22-16)24-11-1-2-12-24)20-14-5-3-13(4-6-14)15-9-10-19-21-15/h3-10H,1-2,11-12H2,(H,19,21)(H,20,25). The summed E-state index contributed by atoms with van der Waals surface area (Å²) in [5.74, 6) is 0.563. The minimum Gasteiger partial charge on any atom is -0.355 e. The first-order valence-corrected chi connectivity index (χ1v) is 8.29. The fourth-order valence-corrected chi connectivity index (χ4v) is 2.91. The molecule has 25 heavy (non-hydrogen) atoms. The van der Waals surface area contributed by atoms with Crippen LogP contribution < -0.4 is 10.2 Å². The lowest BCUT2D eigenvalue weighted by molar-refractivity contribution is 0.102. The molecule has 2 N–H and O–H groups in total. The van der Waals surface area contributed by atoms with Crippen LogP contribution in [0.4, 0.5) is 11.5 Å². The summed E-state index contributed by atoms with van der Waals surface area (Å²) in [6.07, 6.45) is 4.06. The Labute approximate surface area is 145 Å². The Morgan fingerprint density at radius 2 is 1.80 bits per heavy atom. The highest BCUT2D eigenvalue weighted by Crippen LogP contribution is 2.20. The van der Waals surface area contributed by atoms with Crippen LogP contribution in [-0.2, 0) is 0 Å². The quantitative estimate of drug-likeness (QED) is 0.766. The molecule has 7 nitrogen and oxygen atoms in total. The van der Waals surface area contributed by atoms with Crippen molar-refractivity contribution in [2.75, 3.05) is 23.3 Å². The molecule has 1 saturated heterocycles. The molecule has 1 aromatic carbocycles. The summed E-state index contributed by atoms with van der Waals surface area (Å²) >= 11 is 0. The van der Waals surface area contributed by atoms with Crippen molar-refractivity contribution in [1.29, 1.82) is 0 Å². The maximum Gasteiger partial charge on any atom is 0.276 e. The highest BCUT2D eigenvalue weighted by Gasteiger charge is 2.15. The Balaban J connectivity index is 1.42. The van der Waals surface area contributed by atoms with Gasteiger partial charge in [0.1, 0.15) is 0 Å². The summed E-state index contributed by atoms with van der Waals surface area (Å²) in [4.78, 5) is 14.5. The molecule has 0 atom stereocenters. The van der Waals surface area contributed by atoms with Gasteiger partial charge in [-0.05, 0) is 48.7 Å². The molecule has 7 heteroatoms. The van der Waals surface area contributed by atoms with Crippen molar-refractivity contribution in [3.8, 4) is 11.3 Å². The normalized spacial score (nSPS) is 13.8. The van der Waals surface area contributed by atoms with Gasteiger partial charge in [-0.15, -0.1) is 10.2 Å². The third-order valence-electron chi connectivity index (χ3n) is 4.27. The molecule has 0 aliphatic carbocycles. The highest BCUT2D eigenvalue weighted by atomic mass is 16.1. The topological polar surface area (TPSA) is 86.8 Å². The SMILES string of the molecule is O=C(Nc1ccc(-c2ccn[nH]2)cc1)c1ccc(N2CCCC2)nn1. The van der Waals surface area contributed by atoms with E-state index in [-0.39, 0.29) is 5.91 Å². The summed E-state index contributed by atoms with van der Waals surface area (Å²) in [6, 6.07) is 13.0. The number of anilines is 2. The first kappa shape index (κ1) is 15.3. The second kappa shape index (κ2) is 6.72. The Kier molecular flexibility index (Phi) is 4.12. The fraction of sp³-hybridized carbons (Fsp3) is 0.222. The van der Waals surface area contributed by atoms with Gasteiger partial charge in [0.2, 0.25) is 0 Å². The summed E-state index contributed by atoms with van der Waals surface area (Å²) < 4.78 is 0. The average Bonchev–Trinajstić information content (AvgIpc) is 3.36. The zero-order chi connectivity index (χ0) is 17.1. The number of H-pyrrole nitrogens is 1. The third kappa shape index (κ3) is 3.35. The Morgan fingerprint density at radius 3 is 2.44 bits per heavy atom. The van der Waals surface area contributed by atoms with E-state index in [1.807, 2.05) is 36.4 Å². The number of carbonyl (C=O) groups excluding carboxylic acids is 1. The molecule has 0 saturated carbocycles. The summed E-state index contributed by atoms with van der Waals surface area (Å²) in [5, 5.41) is 17.9. The third-order valence-corrected chi connectivity index (χ3v) is 4.27. The largest absolute Gasteiger partial charge is 0.355 e. The Bertz CT molecular complexity index is 836. The van der Waals surface area contributed by atoms with Crippen LogP contribution in [0.2, 0.25) is 0 Å². The summed E-state index contributed by atoms with van der Waals surface area (Å²) in [6.45, 7) is 2.01. The van der Waals surface area contributed by atoms with Crippen molar-refractivity contribution < 1.29 is 4.79 Å². The van der Waals surface area contributed by atoms with E-state index in [0.29, 0.717) is 11.4 Å². The first-order valence-electron chi connectivity index (χ1n) is 8.29. The smallest absolute Gasteiger partial charge is 0.276 e. The van der Waals surface area contributed by atoms with Gasteiger partial charge in [-0.1, -0.05) is 12.1 Å². The van der Waals surface area contributed by atoms with Crippen LogP contribution in [0, 0.1) is 0 Å².